The van der Waals surface area contributed by atoms with Crippen LogP contribution in [0.4, 0.5) is 5.69 Å². The summed E-state index contributed by atoms with van der Waals surface area (Å²) in [6.45, 7) is 8.21. The van der Waals surface area contributed by atoms with E-state index >= 15 is 0 Å². The Bertz CT molecular complexity index is 1460. The van der Waals surface area contributed by atoms with Crippen LogP contribution >= 0.6 is 0 Å². The third-order valence-corrected chi connectivity index (χ3v) is 7.49. The number of nitrogens with two attached hydrogens (primary N) is 1. The summed E-state index contributed by atoms with van der Waals surface area (Å²) in [6, 6.07) is 17.8. The van der Waals surface area contributed by atoms with Crippen LogP contribution in [0.2, 0.25) is 0 Å². The number of para-hydroxylation sites is 2. The van der Waals surface area contributed by atoms with Gasteiger partial charge in [-0.1, -0.05) is 43.3 Å². The number of ether oxygens (including phenoxy) is 1. The predicted molar refractivity (Wildman–Crippen MR) is 128 cm³/mol. The zero-order chi connectivity index (χ0) is 24.0. The fraction of sp³-hybridized carbons (Fsp3) is 0.296. The van der Waals surface area contributed by atoms with Gasteiger partial charge in [0, 0.05) is 11.1 Å². The summed E-state index contributed by atoms with van der Waals surface area (Å²) in [6.07, 6.45) is 0.817. The molecule has 2 atom stereocenters. The van der Waals surface area contributed by atoms with E-state index in [1.54, 1.807) is 4.68 Å². The average Bonchev–Trinajstić information content (AvgIpc) is 3.26. The van der Waals surface area contributed by atoms with Crippen LogP contribution in [0.1, 0.15) is 55.5 Å². The van der Waals surface area contributed by atoms with E-state index in [1.165, 1.54) is 0 Å². The molecular formula is C27H25N5O2. The molecule has 2 N–H and O–H groups in total. The van der Waals surface area contributed by atoms with Crippen molar-refractivity contribution in [1.82, 2.24) is 9.78 Å². The van der Waals surface area contributed by atoms with E-state index in [0.717, 1.165) is 28.9 Å². The number of anilines is 1. The Morgan fingerprint density at radius 2 is 1.91 bits per heavy atom. The highest BCUT2D eigenvalue weighted by molar-refractivity contribution is 6.16. The summed E-state index contributed by atoms with van der Waals surface area (Å²) in [7, 11) is 0. The van der Waals surface area contributed by atoms with Gasteiger partial charge < -0.3 is 15.4 Å². The minimum Gasteiger partial charge on any atom is -0.422 e. The molecule has 2 aromatic carbocycles. The first kappa shape index (κ1) is 20.5. The molecule has 0 saturated carbocycles. The SMILES string of the molecule is Cc1nn(-c2ccccc2)c2c1[C@@]1(C(=O)N3c4c(cccc41)[C@H](C)CC3(C)C)C(C#N)=C(N)O2. The highest BCUT2D eigenvalue weighted by Crippen LogP contribution is 2.61. The Kier molecular flexibility index (Phi) is 3.93. The first-order chi connectivity index (χ1) is 16.2. The molecule has 0 aliphatic carbocycles. The molecule has 170 valence electrons. The monoisotopic (exact) mass is 451 g/mol. The largest absolute Gasteiger partial charge is 0.422 e. The van der Waals surface area contributed by atoms with Crippen LogP contribution in [-0.4, -0.2) is 21.2 Å². The van der Waals surface area contributed by atoms with Crippen LogP contribution in [0.5, 0.6) is 5.88 Å². The van der Waals surface area contributed by atoms with Crippen LogP contribution in [0.3, 0.4) is 0 Å². The van der Waals surface area contributed by atoms with Crippen LogP contribution in [0.25, 0.3) is 5.69 Å². The van der Waals surface area contributed by atoms with Crippen molar-refractivity contribution in [1.29, 1.82) is 5.26 Å². The number of aromatic nitrogens is 2. The molecule has 1 amide bonds. The number of fused-ring (bicyclic) bond motifs is 3. The molecule has 0 unspecified atom stereocenters. The van der Waals surface area contributed by atoms with Gasteiger partial charge in [-0.25, -0.2) is 4.68 Å². The second-order valence-electron chi connectivity index (χ2n) is 10.0. The van der Waals surface area contributed by atoms with Gasteiger partial charge in [0.05, 0.1) is 22.6 Å². The Balaban J connectivity index is 1.75. The molecule has 1 spiro atoms. The number of nitriles is 1. The molecule has 0 fully saturated rings. The number of hydrogen-bond acceptors (Lipinski definition) is 5. The summed E-state index contributed by atoms with van der Waals surface area (Å²) in [5.41, 5.74) is 9.43. The van der Waals surface area contributed by atoms with E-state index in [-0.39, 0.29) is 23.3 Å². The molecule has 3 aliphatic rings. The number of benzene rings is 2. The third kappa shape index (κ3) is 2.25. The van der Waals surface area contributed by atoms with E-state index in [0.29, 0.717) is 17.1 Å². The Morgan fingerprint density at radius 1 is 1.18 bits per heavy atom. The number of nitrogens with zero attached hydrogens (tertiary/aromatic N) is 4. The lowest BCUT2D eigenvalue weighted by Crippen LogP contribution is -2.54. The molecule has 0 radical (unpaired) electrons. The Hall–Kier alpha value is -4.05. The molecule has 3 aliphatic heterocycles. The van der Waals surface area contributed by atoms with Gasteiger partial charge in [0.25, 0.3) is 0 Å². The molecule has 4 heterocycles. The van der Waals surface area contributed by atoms with Gasteiger partial charge in [-0.05, 0) is 50.8 Å². The van der Waals surface area contributed by atoms with Gasteiger partial charge in [0.1, 0.15) is 17.1 Å². The number of aryl methyl sites for hydroxylation is 1. The molecule has 7 heteroatoms. The molecule has 1 aromatic heterocycles. The van der Waals surface area contributed by atoms with Crippen molar-refractivity contribution in [3.05, 3.63) is 82.4 Å². The maximum atomic E-state index is 14.6. The fourth-order valence-electron chi connectivity index (χ4n) is 6.29. The quantitative estimate of drug-likeness (QED) is 0.598. The van der Waals surface area contributed by atoms with Gasteiger partial charge in [0.2, 0.25) is 17.7 Å². The summed E-state index contributed by atoms with van der Waals surface area (Å²) in [4.78, 5) is 16.5. The molecule has 3 aromatic rings. The van der Waals surface area contributed by atoms with E-state index < -0.39 is 11.0 Å². The van der Waals surface area contributed by atoms with Crippen LogP contribution in [-0.2, 0) is 10.2 Å². The standard InChI is InChI=1S/C27H25N5O2/c1-15-13-26(3,4)31-22-18(15)11-8-12-19(22)27(25(31)33)20(14-28)23(29)34-24-21(27)16(2)30-32(24)17-9-6-5-7-10-17/h5-12,15H,13,29H2,1-4H3/t15-,27+/m1/s1. The Labute approximate surface area is 198 Å². The van der Waals surface area contributed by atoms with E-state index in [2.05, 4.69) is 32.9 Å². The number of carbonyl (C=O) groups is 1. The van der Waals surface area contributed by atoms with Crippen LogP contribution in [0.15, 0.2) is 60.0 Å². The van der Waals surface area contributed by atoms with Crippen LogP contribution < -0.4 is 15.4 Å². The molecule has 7 nitrogen and oxygen atoms in total. The lowest BCUT2D eigenvalue weighted by atomic mass is 9.68. The number of amides is 1. The predicted octanol–water partition coefficient (Wildman–Crippen LogP) is 4.19. The molecule has 0 bridgehead atoms. The van der Waals surface area contributed by atoms with Crippen molar-refractivity contribution in [2.75, 3.05) is 4.90 Å². The second-order valence-corrected chi connectivity index (χ2v) is 10.0. The maximum absolute atomic E-state index is 14.6. The number of hydrogen-bond donors (Lipinski definition) is 1. The minimum absolute atomic E-state index is 0.0660. The fourth-order valence-corrected chi connectivity index (χ4v) is 6.29. The first-order valence-corrected chi connectivity index (χ1v) is 11.4. The smallest absolute Gasteiger partial charge is 0.248 e. The summed E-state index contributed by atoms with van der Waals surface area (Å²) in [5, 5.41) is 15.1. The summed E-state index contributed by atoms with van der Waals surface area (Å²) < 4.78 is 7.71. The maximum Gasteiger partial charge on any atom is 0.248 e. The van der Waals surface area contributed by atoms with Gasteiger partial charge in [-0.15, -0.1) is 0 Å². The molecule has 34 heavy (non-hydrogen) atoms. The average molecular weight is 452 g/mol. The zero-order valence-corrected chi connectivity index (χ0v) is 19.6. The van der Waals surface area contributed by atoms with Crippen molar-refractivity contribution in [2.45, 2.75) is 51.0 Å². The van der Waals surface area contributed by atoms with Crippen molar-refractivity contribution in [2.24, 2.45) is 5.73 Å². The summed E-state index contributed by atoms with van der Waals surface area (Å²) >= 11 is 0. The number of carbonyl (C=O) groups excluding carboxylic acids is 1. The highest BCUT2D eigenvalue weighted by Gasteiger charge is 2.64. The molecule has 6 rings (SSSR count). The van der Waals surface area contributed by atoms with Crippen molar-refractivity contribution < 1.29 is 9.53 Å². The Morgan fingerprint density at radius 3 is 2.62 bits per heavy atom. The first-order valence-electron chi connectivity index (χ1n) is 11.4. The normalized spacial score (nSPS) is 24.0. The lowest BCUT2D eigenvalue weighted by molar-refractivity contribution is -0.122. The van der Waals surface area contributed by atoms with E-state index in [1.807, 2.05) is 54.3 Å². The topological polar surface area (TPSA) is 97.2 Å². The lowest BCUT2D eigenvalue weighted by Gasteiger charge is -2.44. The van der Waals surface area contributed by atoms with Gasteiger partial charge in [-0.3, -0.25) is 4.79 Å². The second kappa shape index (κ2) is 6.51. The van der Waals surface area contributed by atoms with Gasteiger partial charge in [0.15, 0.2) is 0 Å². The van der Waals surface area contributed by atoms with Crippen molar-refractivity contribution in [3.8, 4) is 17.6 Å². The van der Waals surface area contributed by atoms with Crippen LogP contribution in [0, 0.1) is 18.3 Å². The molecular weight excluding hydrogens is 426 g/mol. The highest BCUT2D eigenvalue weighted by atomic mass is 16.5. The van der Waals surface area contributed by atoms with E-state index in [9.17, 15) is 10.1 Å². The number of rotatable bonds is 1. The van der Waals surface area contributed by atoms with E-state index in [4.69, 9.17) is 15.6 Å². The van der Waals surface area contributed by atoms with Gasteiger partial charge in [-0.2, -0.15) is 10.4 Å². The van der Waals surface area contributed by atoms with Gasteiger partial charge >= 0.3 is 0 Å². The molecule has 0 saturated heterocycles. The van der Waals surface area contributed by atoms with Crippen molar-refractivity contribution >= 4 is 11.6 Å². The zero-order valence-electron chi connectivity index (χ0n) is 19.6. The summed E-state index contributed by atoms with van der Waals surface area (Å²) in [5.74, 6) is 0.399. The van der Waals surface area contributed by atoms with Crippen molar-refractivity contribution in [3.63, 3.8) is 0 Å². The minimum atomic E-state index is -1.41. The third-order valence-electron chi connectivity index (χ3n) is 7.49.